The summed E-state index contributed by atoms with van der Waals surface area (Å²) in [7, 11) is -3.63. The molecule has 0 aromatic carbocycles. The number of pyridine rings is 1. The van der Waals surface area contributed by atoms with Gasteiger partial charge >= 0.3 is 0 Å². The van der Waals surface area contributed by atoms with Crippen LogP contribution in [0, 0.1) is 16.7 Å². The van der Waals surface area contributed by atoms with Gasteiger partial charge in [0.2, 0.25) is 10.0 Å². The molecule has 20 heavy (non-hydrogen) atoms. The van der Waals surface area contributed by atoms with Crippen molar-refractivity contribution in [1.82, 2.24) is 9.29 Å². The number of nitrogens with zero attached hydrogens (tertiary/aromatic N) is 3. The monoisotopic (exact) mass is 293 g/mol. The van der Waals surface area contributed by atoms with Crippen molar-refractivity contribution in [1.29, 1.82) is 5.26 Å². The highest BCUT2D eigenvalue weighted by Gasteiger charge is 2.32. The Bertz CT molecular complexity index is 632. The molecule has 1 aromatic rings. The summed E-state index contributed by atoms with van der Waals surface area (Å²) in [6.45, 7) is 5.32. The Labute approximate surface area is 120 Å². The highest BCUT2D eigenvalue weighted by atomic mass is 32.2. The Kier molecular flexibility index (Phi) is 4.11. The van der Waals surface area contributed by atoms with Gasteiger partial charge in [-0.3, -0.25) is 0 Å². The molecule has 6 heteroatoms. The summed E-state index contributed by atoms with van der Waals surface area (Å²) in [5, 5.41) is 9.02. The molecular formula is C14H19N3O2S. The second-order valence-corrected chi connectivity index (χ2v) is 7.79. The molecule has 2 heterocycles. The van der Waals surface area contributed by atoms with Gasteiger partial charge in [-0.1, -0.05) is 13.8 Å². The van der Waals surface area contributed by atoms with Crippen LogP contribution in [-0.2, 0) is 10.0 Å². The average molecular weight is 293 g/mol. The zero-order valence-electron chi connectivity index (χ0n) is 11.8. The van der Waals surface area contributed by atoms with Gasteiger partial charge in [0.25, 0.3) is 0 Å². The summed E-state index contributed by atoms with van der Waals surface area (Å²) in [6.07, 6.45) is 4.11. The van der Waals surface area contributed by atoms with Gasteiger partial charge < -0.3 is 0 Å². The van der Waals surface area contributed by atoms with Crippen molar-refractivity contribution in [3.8, 4) is 6.07 Å². The van der Waals surface area contributed by atoms with Crippen molar-refractivity contribution in [2.45, 2.75) is 38.0 Å². The first-order valence-electron chi connectivity index (χ1n) is 6.72. The van der Waals surface area contributed by atoms with Crippen molar-refractivity contribution < 1.29 is 8.42 Å². The normalized spacial score (nSPS) is 20.1. The Morgan fingerprint density at radius 2 is 2.10 bits per heavy atom. The highest BCUT2D eigenvalue weighted by molar-refractivity contribution is 7.89. The lowest BCUT2D eigenvalue weighted by molar-refractivity contribution is 0.315. The van der Waals surface area contributed by atoms with Crippen LogP contribution in [0.2, 0.25) is 0 Å². The lowest BCUT2D eigenvalue weighted by atomic mass is 9.85. The van der Waals surface area contributed by atoms with Crippen LogP contribution in [0.1, 0.15) is 38.8 Å². The fourth-order valence-corrected chi connectivity index (χ4v) is 4.03. The summed E-state index contributed by atoms with van der Waals surface area (Å²) >= 11 is 0. The zero-order valence-corrected chi connectivity index (χ0v) is 12.7. The number of aromatic nitrogens is 1. The third kappa shape index (κ3) is 3.00. The SMILES string of the molecule is CC1(C)CCCN(S(=O)(=O)c2cccnc2C#N)CC1. The standard InChI is InChI=1S/C14H19N3O2S/c1-14(2)6-4-9-17(10-7-14)20(18,19)13-5-3-8-16-12(13)11-15/h3,5,8H,4,6-7,9-10H2,1-2H3. The van der Waals surface area contributed by atoms with Crippen molar-refractivity contribution in [3.63, 3.8) is 0 Å². The molecule has 0 atom stereocenters. The summed E-state index contributed by atoms with van der Waals surface area (Å²) < 4.78 is 26.8. The third-order valence-electron chi connectivity index (χ3n) is 3.79. The molecule has 0 N–H and O–H groups in total. The minimum absolute atomic E-state index is 0.0159. The number of nitriles is 1. The minimum atomic E-state index is -3.63. The fraction of sp³-hybridized carbons (Fsp3) is 0.571. The van der Waals surface area contributed by atoms with Crippen molar-refractivity contribution in [2.75, 3.05) is 13.1 Å². The molecule has 0 unspecified atom stereocenters. The molecule has 108 valence electrons. The molecule has 0 amide bonds. The average Bonchev–Trinajstić information content (AvgIpc) is 2.60. The predicted molar refractivity (Wildman–Crippen MR) is 75.3 cm³/mol. The van der Waals surface area contributed by atoms with Gasteiger partial charge in [-0.05, 0) is 36.8 Å². The fourth-order valence-electron chi connectivity index (χ4n) is 2.46. The van der Waals surface area contributed by atoms with Crippen LogP contribution in [0.5, 0.6) is 0 Å². The van der Waals surface area contributed by atoms with E-state index in [0.29, 0.717) is 13.1 Å². The van der Waals surface area contributed by atoms with E-state index in [-0.39, 0.29) is 16.0 Å². The molecule has 2 rings (SSSR count). The van der Waals surface area contributed by atoms with E-state index < -0.39 is 10.0 Å². The van der Waals surface area contributed by atoms with Gasteiger partial charge in [0.05, 0.1) is 0 Å². The molecule has 1 fully saturated rings. The number of hydrogen-bond donors (Lipinski definition) is 0. The number of rotatable bonds is 2. The van der Waals surface area contributed by atoms with E-state index in [4.69, 9.17) is 5.26 Å². The largest absolute Gasteiger partial charge is 0.245 e. The Morgan fingerprint density at radius 1 is 1.35 bits per heavy atom. The van der Waals surface area contributed by atoms with E-state index in [1.54, 1.807) is 6.07 Å². The third-order valence-corrected chi connectivity index (χ3v) is 5.72. The summed E-state index contributed by atoms with van der Waals surface area (Å²) in [6, 6.07) is 4.86. The van der Waals surface area contributed by atoms with Crippen LogP contribution in [0.4, 0.5) is 0 Å². The van der Waals surface area contributed by atoms with Gasteiger partial charge in [0.15, 0.2) is 5.69 Å². The maximum absolute atomic E-state index is 12.7. The minimum Gasteiger partial charge on any atom is -0.244 e. The molecule has 1 aromatic heterocycles. The zero-order chi connectivity index (χ0) is 14.8. The predicted octanol–water partition coefficient (Wildman–Crippen LogP) is 2.15. The molecular weight excluding hydrogens is 274 g/mol. The van der Waals surface area contributed by atoms with Crippen molar-refractivity contribution >= 4 is 10.0 Å². The Balaban J connectivity index is 2.34. The van der Waals surface area contributed by atoms with E-state index in [2.05, 4.69) is 18.8 Å². The topological polar surface area (TPSA) is 74.1 Å². The molecule has 0 saturated carbocycles. The first kappa shape index (κ1) is 14.9. The van der Waals surface area contributed by atoms with Crippen molar-refractivity contribution in [3.05, 3.63) is 24.0 Å². The quantitative estimate of drug-likeness (QED) is 0.837. The molecule has 0 aliphatic carbocycles. The molecule has 5 nitrogen and oxygen atoms in total. The van der Waals surface area contributed by atoms with Crippen molar-refractivity contribution in [2.24, 2.45) is 5.41 Å². The first-order chi connectivity index (χ1) is 9.37. The second-order valence-electron chi connectivity index (χ2n) is 5.88. The van der Waals surface area contributed by atoms with Crippen LogP contribution < -0.4 is 0 Å². The van der Waals surface area contributed by atoms with Gasteiger partial charge in [-0.25, -0.2) is 13.4 Å². The van der Waals surface area contributed by atoms with Gasteiger partial charge in [-0.15, -0.1) is 0 Å². The molecule has 1 aliphatic heterocycles. The van der Waals surface area contributed by atoms with E-state index in [0.717, 1.165) is 19.3 Å². The lowest BCUT2D eigenvalue weighted by Gasteiger charge is -2.23. The smallest absolute Gasteiger partial charge is 0.244 e. The van der Waals surface area contributed by atoms with Gasteiger partial charge in [0, 0.05) is 19.3 Å². The summed E-state index contributed by atoms with van der Waals surface area (Å²) in [5.74, 6) is 0. The van der Waals surface area contributed by atoms with Gasteiger partial charge in [0.1, 0.15) is 11.0 Å². The highest BCUT2D eigenvalue weighted by Crippen LogP contribution is 2.32. The molecule has 0 spiro atoms. The number of hydrogen-bond acceptors (Lipinski definition) is 4. The summed E-state index contributed by atoms with van der Waals surface area (Å²) in [5.41, 5.74) is 0.132. The van der Waals surface area contributed by atoms with E-state index in [1.807, 2.05) is 6.07 Å². The van der Waals surface area contributed by atoms with E-state index in [1.165, 1.54) is 16.6 Å². The maximum atomic E-state index is 12.7. The van der Waals surface area contributed by atoms with Gasteiger partial charge in [-0.2, -0.15) is 9.57 Å². The van der Waals surface area contributed by atoms with E-state index >= 15 is 0 Å². The van der Waals surface area contributed by atoms with E-state index in [9.17, 15) is 8.42 Å². The molecule has 1 saturated heterocycles. The second kappa shape index (κ2) is 5.51. The van der Waals surface area contributed by atoms with Crippen LogP contribution >= 0.6 is 0 Å². The maximum Gasteiger partial charge on any atom is 0.245 e. The Morgan fingerprint density at radius 3 is 2.80 bits per heavy atom. The van der Waals surface area contributed by atoms with Crippen LogP contribution in [0.15, 0.2) is 23.2 Å². The summed E-state index contributed by atoms with van der Waals surface area (Å²) in [4.78, 5) is 3.86. The van der Waals surface area contributed by atoms with Crippen LogP contribution in [0.3, 0.4) is 0 Å². The van der Waals surface area contributed by atoms with Crippen LogP contribution in [-0.4, -0.2) is 30.8 Å². The molecule has 0 bridgehead atoms. The first-order valence-corrected chi connectivity index (χ1v) is 8.16. The molecule has 0 radical (unpaired) electrons. The lowest BCUT2D eigenvalue weighted by Crippen LogP contribution is -2.33. The van der Waals surface area contributed by atoms with Crippen LogP contribution in [0.25, 0.3) is 0 Å². The molecule has 1 aliphatic rings. The Hall–Kier alpha value is -1.45. The number of sulfonamides is 1.